The SMILES string of the molecule is CCN(Cc1ccc(CCN)cc1)c1ccc(F)cc1. The topological polar surface area (TPSA) is 29.3 Å². The number of halogens is 1. The van der Waals surface area contributed by atoms with E-state index in [2.05, 4.69) is 36.1 Å². The summed E-state index contributed by atoms with van der Waals surface area (Å²) < 4.78 is 13.0. The van der Waals surface area contributed by atoms with Crippen LogP contribution in [-0.2, 0) is 13.0 Å². The molecule has 0 aliphatic heterocycles. The molecule has 0 heterocycles. The number of anilines is 1. The van der Waals surface area contributed by atoms with Crippen LogP contribution in [0.4, 0.5) is 10.1 Å². The molecule has 2 nitrogen and oxygen atoms in total. The average Bonchev–Trinajstić information content (AvgIpc) is 2.48. The Hall–Kier alpha value is -1.87. The smallest absolute Gasteiger partial charge is 0.123 e. The minimum atomic E-state index is -0.198. The minimum absolute atomic E-state index is 0.198. The molecule has 0 amide bonds. The van der Waals surface area contributed by atoms with Crippen molar-refractivity contribution in [3.63, 3.8) is 0 Å². The first-order valence-corrected chi connectivity index (χ1v) is 7.01. The predicted molar refractivity (Wildman–Crippen MR) is 82.3 cm³/mol. The quantitative estimate of drug-likeness (QED) is 0.873. The van der Waals surface area contributed by atoms with Crippen LogP contribution in [-0.4, -0.2) is 13.1 Å². The molecule has 2 aromatic rings. The van der Waals surface area contributed by atoms with E-state index in [0.29, 0.717) is 6.54 Å². The zero-order valence-corrected chi connectivity index (χ0v) is 11.8. The Bertz CT molecular complexity index is 520. The average molecular weight is 272 g/mol. The largest absolute Gasteiger partial charge is 0.367 e. The third kappa shape index (κ3) is 3.81. The van der Waals surface area contributed by atoms with Gasteiger partial charge in [-0.2, -0.15) is 0 Å². The van der Waals surface area contributed by atoms with Crippen LogP contribution in [0.5, 0.6) is 0 Å². The lowest BCUT2D eigenvalue weighted by molar-refractivity contribution is 0.627. The number of hydrogen-bond donors (Lipinski definition) is 1. The second-order valence-electron chi connectivity index (χ2n) is 4.85. The van der Waals surface area contributed by atoms with Crippen LogP contribution >= 0.6 is 0 Å². The van der Waals surface area contributed by atoms with Gasteiger partial charge in [-0.3, -0.25) is 0 Å². The van der Waals surface area contributed by atoms with Crippen molar-refractivity contribution >= 4 is 5.69 Å². The first kappa shape index (κ1) is 14.5. The van der Waals surface area contributed by atoms with Crippen molar-refractivity contribution in [3.8, 4) is 0 Å². The molecule has 3 heteroatoms. The van der Waals surface area contributed by atoms with Gasteiger partial charge in [0.25, 0.3) is 0 Å². The summed E-state index contributed by atoms with van der Waals surface area (Å²) in [5.74, 6) is -0.198. The van der Waals surface area contributed by atoms with Crippen molar-refractivity contribution in [3.05, 3.63) is 65.5 Å². The highest BCUT2D eigenvalue weighted by Gasteiger charge is 2.05. The van der Waals surface area contributed by atoms with Crippen LogP contribution in [0.25, 0.3) is 0 Å². The van der Waals surface area contributed by atoms with Crippen LogP contribution < -0.4 is 10.6 Å². The highest BCUT2D eigenvalue weighted by Crippen LogP contribution is 2.18. The monoisotopic (exact) mass is 272 g/mol. The van der Waals surface area contributed by atoms with Gasteiger partial charge in [-0.25, -0.2) is 4.39 Å². The predicted octanol–water partition coefficient (Wildman–Crippen LogP) is 3.35. The van der Waals surface area contributed by atoms with Crippen molar-refractivity contribution in [2.75, 3.05) is 18.0 Å². The van der Waals surface area contributed by atoms with Crippen molar-refractivity contribution in [2.24, 2.45) is 5.73 Å². The Morgan fingerprint density at radius 2 is 1.55 bits per heavy atom. The molecule has 0 saturated heterocycles. The van der Waals surface area contributed by atoms with E-state index in [1.54, 1.807) is 0 Å². The lowest BCUT2D eigenvalue weighted by Crippen LogP contribution is -2.21. The molecule has 0 aliphatic carbocycles. The lowest BCUT2D eigenvalue weighted by atomic mass is 10.1. The molecule has 0 bridgehead atoms. The molecule has 0 atom stereocenters. The van der Waals surface area contributed by atoms with Gasteiger partial charge in [0, 0.05) is 18.8 Å². The molecule has 2 N–H and O–H groups in total. The van der Waals surface area contributed by atoms with E-state index in [9.17, 15) is 4.39 Å². The molecular formula is C17H21FN2. The first-order valence-electron chi connectivity index (χ1n) is 7.01. The van der Waals surface area contributed by atoms with Gasteiger partial charge in [0.05, 0.1) is 0 Å². The normalized spacial score (nSPS) is 10.6. The lowest BCUT2D eigenvalue weighted by Gasteiger charge is -2.23. The summed E-state index contributed by atoms with van der Waals surface area (Å²) >= 11 is 0. The summed E-state index contributed by atoms with van der Waals surface area (Å²) in [5.41, 5.74) is 9.10. The summed E-state index contributed by atoms with van der Waals surface area (Å²) in [5, 5.41) is 0. The molecule has 106 valence electrons. The fraction of sp³-hybridized carbons (Fsp3) is 0.294. The summed E-state index contributed by atoms with van der Waals surface area (Å²) in [6.45, 7) is 4.49. The second-order valence-corrected chi connectivity index (χ2v) is 4.85. The minimum Gasteiger partial charge on any atom is -0.367 e. The van der Waals surface area contributed by atoms with Gasteiger partial charge in [0.2, 0.25) is 0 Å². The molecule has 0 spiro atoms. The van der Waals surface area contributed by atoms with Gasteiger partial charge in [0.1, 0.15) is 5.82 Å². The zero-order valence-electron chi connectivity index (χ0n) is 11.8. The molecule has 2 aromatic carbocycles. The Morgan fingerprint density at radius 1 is 0.950 bits per heavy atom. The standard InChI is InChI=1S/C17H21FN2/c1-2-20(17-9-7-16(18)8-10-17)13-15-5-3-14(4-6-15)11-12-19/h3-10H,2,11-13,19H2,1H3. The van der Waals surface area contributed by atoms with Crippen LogP contribution in [0.1, 0.15) is 18.1 Å². The third-order valence-electron chi connectivity index (χ3n) is 3.40. The van der Waals surface area contributed by atoms with Crippen molar-refractivity contribution < 1.29 is 4.39 Å². The van der Waals surface area contributed by atoms with Gasteiger partial charge in [0.15, 0.2) is 0 Å². The van der Waals surface area contributed by atoms with Crippen molar-refractivity contribution in [1.29, 1.82) is 0 Å². The van der Waals surface area contributed by atoms with Crippen molar-refractivity contribution in [2.45, 2.75) is 19.9 Å². The van der Waals surface area contributed by atoms with Crippen molar-refractivity contribution in [1.82, 2.24) is 0 Å². The van der Waals surface area contributed by atoms with Crippen LogP contribution in [0, 0.1) is 5.82 Å². The molecule has 0 fully saturated rings. The van der Waals surface area contributed by atoms with E-state index < -0.39 is 0 Å². The Kier molecular flexibility index (Phi) is 5.13. The van der Waals surface area contributed by atoms with Crippen LogP contribution in [0.2, 0.25) is 0 Å². The summed E-state index contributed by atoms with van der Waals surface area (Å²) in [6.07, 6.45) is 0.912. The maximum Gasteiger partial charge on any atom is 0.123 e. The number of hydrogen-bond acceptors (Lipinski definition) is 2. The summed E-state index contributed by atoms with van der Waals surface area (Å²) in [4.78, 5) is 2.22. The molecule has 20 heavy (non-hydrogen) atoms. The maximum absolute atomic E-state index is 13.0. The van der Waals surface area contributed by atoms with Gasteiger partial charge in [-0.05, 0) is 55.3 Å². The van der Waals surface area contributed by atoms with Crippen LogP contribution in [0.15, 0.2) is 48.5 Å². The summed E-state index contributed by atoms with van der Waals surface area (Å²) in [6, 6.07) is 15.2. The van der Waals surface area contributed by atoms with Gasteiger partial charge in [-0.1, -0.05) is 24.3 Å². The van der Waals surface area contributed by atoms with Gasteiger partial charge < -0.3 is 10.6 Å². The highest BCUT2D eigenvalue weighted by atomic mass is 19.1. The van der Waals surface area contributed by atoms with Crippen LogP contribution in [0.3, 0.4) is 0 Å². The number of nitrogens with zero attached hydrogens (tertiary/aromatic N) is 1. The zero-order chi connectivity index (χ0) is 14.4. The Balaban J connectivity index is 2.07. The van der Waals surface area contributed by atoms with E-state index in [1.807, 2.05) is 12.1 Å². The molecule has 2 rings (SSSR count). The molecule has 0 saturated carbocycles. The molecule has 0 aromatic heterocycles. The van der Waals surface area contributed by atoms with Gasteiger partial charge >= 0.3 is 0 Å². The van der Waals surface area contributed by atoms with E-state index in [0.717, 1.165) is 25.2 Å². The van der Waals surface area contributed by atoms with E-state index in [-0.39, 0.29) is 5.82 Å². The maximum atomic E-state index is 13.0. The van der Waals surface area contributed by atoms with E-state index in [4.69, 9.17) is 5.73 Å². The fourth-order valence-electron chi connectivity index (χ4n) is 2.24. The highest BCUT2D eigenvalue weighted by molar-refractivity contribution is 5.46. The Labute approximate surface area is 120 Å². The summed E-state index contributed by atoms with van der Waals surface area (Å²) in [7, 11) is 0. The van der Waals surface area contributed by atoms with Gasteiger partial charge in [-0.15, -0.1) is 0 Å². The Morgan fingerprint density at radius 3 is 2.10 bits per heavy atom. The second kappa shape index (κ2) is 7.06. The molecular weight excluding hydrogens is 251 g/mol. The third-order valence-corrected chi connectivity index (χ3v) is 3.40. The number of rotatable bonds is 6. The molecule has 0 radical (unpaired) electrons. The number of nitrogens with two attached hydrogens (primary N) is 1. The van der Waals surface area contributed by atoms with E-state index in [1.165, 1.54) is 23.3 Å². The number of benzene rings is 2. The fourth-order valence-corrected chi connectivity index (χ4v) is 2.24. The first-order chi connectivity index (χ1) is 9.72. The van der Waals surface area contributed by atoms with E-state index >= 15 is 0 Å². The molecule has 0 aliphatic rings. The molecule has 0 unspecified atom stereocenters.